The summed E-state index contributed by atoms with van der Waals surface area (Å²) >= 11 is 0. The number of fused-ring (bicyclic) bond motifs is 1. The van der Waals surface area contributed by atoms with Crippen molar-refractivity contribution in [1.29, 1.82) is 0 Å². The number of imidazole rings is 1. The summed E-state index contributed by atoms with van der Waals surface area (Å²) in [4.78, 5) is 35.8. The SMILES string of the molecule is CCn1c(N2CCNCC2)nc2nc(Oc3cccc(NC(C)=O)c3)n(C)c(=O)c21. The lowest BCUT2D eigenvalue weighted by atomic mass is 10.3. The summed E-state index contributed by atoms with van der Waals surface area (Å²) in [6.07, 6.45) is 0. The first-order valence-electron chi connectivity index (χ1n) is 9.96. The van der Waals surface area contributed by atoms with E-state index in [0.29, 0.717) is 29.1 Å². The summed E-state index contributed by atoms with van der Waals surface area (Å²) in [6, 6.07) is 7.06. The quantitative estimate of drug-likeness (QED) is 0.652. The van der Waals surface area contributed by atoms with Crippen molar-refractivity contribution in [1.82, 2.24) is 24.4 Å². The van der Waals surface area contributed by atoms with Gasteiger partial charge in [0.05, 0.1) is 0 Å². The zero-order valence-corrected chi connectivity index (χ0v) is 17.3. The molecule has 1 aromatic carbocycles. The topological polar surface area (TPSA) is 106 Å². The van der Waals surface area contributed by atoms with Gasteiger partial charge in [0.1, 0.15) is 5.75 Å². The van der Waals surface area contributed by atoms with E-state index in [0.717, 1.165) is 32.1 Å². The summed E-state index contributed by atoms with van der Waals surface area (Å²) in [7, 11) is 1.62. The normalized spacial score (nSPS) is 14.2. The number of nitrogens with zero attached hydrogens (tertiary/aromatic N) is 5. The third-order valence-electron chi connectivity index (χ3n) is 5.00. The number of benzene rings is 1. The van der Waals surface area contributed by atoms with E-state index in [1.807, 2.05) is 11.5 Å². The average molecular weight is 411 g/mol. The first-order valence-corrected chi connectivity index (χ1v) is 9.96. The molecule has 1 aliphatic rings. The van der Waals surface area contributed by atoms with E-state index < -0.39 is 0 Å². The van der Waals surface area contributed by atoms with Gasteiger partial charge in [0.25, 0.3) is 5.56 Å². The first-order chi connectivity index (χ1) is 14.5. The number of hydrogen-bond acceptors (Lipinski definition) is 7. The van der Waals surface area contributed by atoms with Crippen LogP contribution in [-0.2, 0) is 18.4 Å². The second kappa shape index (κ2) is 8.15. The molecular weight excluding hydrogens is 386 g/mol. The molecule has 158 valence electrons. The molecule has 0 spiro atoms. The Hall–Kier alpha value is -3.40. The van der Waals surface area contributed by atoms with E-state index in [1.54, 1.807) is 31.3 Å². The van der Waals surface area contributed by atoms with E-state index in [1.165, 1.54) is 11.5 Å². The third-order valence-corrected chi connectivity index (χ3v) is 5.00. The van der Waals surface area contributed by atoms with Gasteiger partial charge in [-0.2, -0.15) is 9.97 Å². The Morgan fingerprint density at radius 3 is 2.73 bits per heavy atom. The van der Waals surface area contributed by atoms with Crippen molar-refractivity contribution in [2.75, 3.05) is 36.4 Å². The van der Waals surface area contributed by atoms with E-state index in [-0.39, 0.29) is 17.5 Å². The van der Waals surface area contributed by atoms with E-state index >= 15 is 0 Å². The Kier molecular flexibility index (Phi) is 5.40. The zero-order valence-electron chi connectivity index (χ0n) is 17.3. The molecule has 1 aliphatic heterocycles. The van der Waals surface area contributed by atoms with Gasteiger partial charge in [0, 0.05) is 58.4 Å². The van der Waals surface area contributed by atoms with Crippen LogP contribution >= 0.6 is 0 Å². The fourth-order valence-electron chi connectivity index (χ4n) is 3.57. The zero-order chi connectivity index (χ0) is 21.3. The number of piperazine rings is 1. The monoisotopic (exact) mass is 411 g/mol. The number of carbonyl (C=O) groups excluding carboxylic acids is 1. The van der Waals surface area contributed by atoms with Crippen molar-refractivity contribution in [3.63, 3.8) is 0 Å². The Morgan fingerprint density at radius 2 is 2.03 bits per heavy atom. The van der Waals surface area contributed by atoms with Gasteiger partial charge in [0.15, 0.2) is 11.2 Å². The van der Waals surface area contributed by atoms with Crippen LogP contribution in [0.2, 0.25) is 0 Å². The highest BCUT2D eigenvalue weighted by atomic mass is 16.5. The van der Waals surface area contributed by atoms with Gasteiger partial charge < -0.3 is 24.8 Å². The van der Waals surface area contributed by atoms with Crippen molar-refractivity contribution in [2.45, 2.75) is 20.4 Å². The Balaban J connectivity index is 1.74. The van der Waals surface area contributed by atoms with Gasteiger partial charge in [-0.1, -0.05) is 6.07 Å². The van der Waals surface area contributed by atoms with Crippen LogP contribution in [0.15, 0.2) is 29.1 Å². The van der Waals surface area contributed by atoms with Crippen LogP contribution in [-0.4, -0.2) is 51.2 Å². The van der Waals surface area contributed by atoms with Gasteiger partial charge in [-0.25, -0.2) is 0 Å². The number of amides is 1. The number of aryl methyl sites for hydroxylation is 1. The van der Waals surface area contributed by atoms with Crippen LogP contribution in [0.1, 0.15) is 13.8 Å². The molecule has 2 aromatic heterocycles. The van der Waals surface area contributed by atoms with Crippen molar-refractivity contribution in [2.24, 2.45) is 7.05 Å². The predicted molar refractivity (Wildman–Crippen MR) is 114 cm³/mol. The van der Waals surface area contributed by atoms with Crippen LogP contribution in [0.3, 0.4) is 0 Å². The minimum absolute atomic E-state index is 0.139. The minimum atomic E-state index is -0.219. The van der Waals surface area contributed by atoms with Gasteiger partial charge in [-0.3, -0.25) is 14.2 Å². The Labute approximate surface area is 173 Å². The molecule has 1 fully saturated rings. The second-order valence-electron chi connectivity index (χ2n) is 7.13. The lowest BCUT2D eigenvalue weighted by Crippen LogP contribution is -2.44. The molecule has 10 heteroatoms. The minimum Gasteiger partial charge on any atom is -0.425 e. The number of nitrogens with one attached hydrogen (secondary N) is 2. The predicted octanol–water partition coefficient (Wildman–Crippen LogP) is 1.31. The molecule has 3 aromatic rings. The number of ether oxygens (including phenoxy) is 1. The number of rotatable bonds is 5. The molecular formula is C20H25N7O3. The maximum absolute atomic E-state index is 13.1. The Morgan fingerprint density at radius 1 is 1.27 bits per heavy atom. The lowest BCUT2D eigenvalue weighted by molar-refractivity contribution is -0.114. The molecule has 0 atom stereocenters. The largest absolute Gasteiger partial charge is 0.425 e. The molecule has 1 amide bonds. The highest BCUT2D eigenvalue weighted by Crippen LogP contribution is 2.25. The fraction of sp³-hybridized carbons (Fsp3) is 0.400. The van der Waals surface area contributed by atoms with Gasteiger partial charge in [-0.05, 0) is 19.1 Å². The van der Waals surface area contributed by atoms with Crippen LogP contribution < -0.4 is 25.8 Å². The molecule has 30 heavy (non-hydrogen) atoms. The summed E-state index contributed by atoms with van der Waals surface area (Å²) in [6.45, 7) is 7.43. The van der Waals surface area contributed by atoms with Crippen LogP contribution in [0.5, 0.6) is 11.8 Å². The van der Waals surface area contributed by atoms with Crippen molar-refractivity contribution in [3.8, 4) is 11.8 Å². The third kappa shape index (κ3) is 3.73. The molecule has 3 heterocycles. The highest BCUT2D eigenvalue weighted by molar-refractivity contribution is 5.88. The summed E-state index contributed by atoms with van der Waals surface area (Å²) < 4.78 is 9.17. The van der Waals surface area contributed by atoms with Crippen LogP contribution in [0, 0.1) is 0 Å². The molecule has 2 N–H and O–H groups in total. The number of anilines is 2. The summed E-state index contributed by atoms with van der Waals surface area (Å²) in [5, 5.41) is 6.03. The molecule has 0 unspecified atom stereocenters. The van der Waals surface area contributed by atoms with Crippen LogP contribution in [0.25, 0.3) is 11.2 Å². The lowest BCUT2D eigenvalue weighted by Gasteiger charge is -2.28. The molecule has 0 aliphatic carbocycles. The smallest absolute Gasteiger partial charge is 0.306 e. The van der Waals surface area contributed by atoms with Crippen molar-refractivity contribution >= 4 is 28.7 Å². The number of hydrogen-bond donors (Lipinski definition) is 2. The molecule has 4 rings (SSSR count). The first kappa shape index (κ1) is 19.9. The maximum atomic E-state index is 13.1. The molecule has 0 radical (unpaired) electrons. The molecule has 1 saturated heterocycles. The van der Waals surface area contributed by atoms with Crippen molar-refractivity contribution in [3.05, 3.63) is 34.6 Å². The van der Waals surface area contributed by atoms with Gasteiger partial charge >= 0.3 is 6.01 Å². The van der Waals surface area contributed by atoms with Crippen molar-refractivity contribution < 1.29 is 9.53 Å². The number of carbonyl (C=O) groups is 1. The summed E-state index contributed by atoms with van der Waals surface area (Å²) in [5.74, 6) is 1.04. The van der Waals surface area contributed by atoms with Crippen LogP contribution in [0.4, 0.5) is 11.6 Å². The standard InChI is InChI=1S/C20H25N7O3/c1-4-27-16-17(23-19(27)26-10-8-21-9-11-26)24-20(25(3)18(16)29)30-15-7-5-6-14(12-15)22-13(2)28/h5-7,12,21H,4,8-11H2,1-3H3,(H,22,28). The second-order valence-corrected chi connectivity index (χ2v) is 7.13. The Bertz CT molecular complexity index is 1150. The fourth-order valence-corrected chi connectivity index (χ4v) is 3.57. The molecule has 0 saturated carbocycles. The highest BCUT2D eigenvalue weighted by Gasteiger charge is 2.23. The van der Waals surface area contributed by atoms with E-state index in [9.17, 15) is 9.59 Å². The number of aromatic nitrogens is 4. The van der Waals surface area contributed by atoms with E-state index in [4.69, 9.17) is 4.74 Å². The van der Waals surface area contributed by atoms with Gasteiger partial charge in [0.2, 0.25) is 11.9 Å². The van der Waals surface area contributed by atoms with E-state index in [2.05, 4.69) is 25.5 Å². The maximum Gasteiger partial charge on any atom is 0.306 e. The van der Waals surface area contributed by atoms with Gasteiger partial charge in [-0.15, -0.1) is 0 Å². The summed E-state index contributed by atoms with van der Waals surface area (Å²) in [5.41, 5.74) is 1.21. The average Bonchev–Trinajstić information content (AvgIpc) is 3.11. The molecule has 0 bridgehead atoms. The molecule has 10 nitrogen and oxygen atoms in total.